The molecular weight excluding hydrogens is 304 g/mol. The van der Waals surface area contributed by atoms with Crippen LogP contribution < -0.4 is 5.32 Å². The first-order valence-corrected chi connectivity index (χ1v) is 8.65. The number of amides is 1. The van der Waals surface area contributed by atoms with Crippen LogP contribution in [0.5, 0.6) is 0 Å². The molecule has 1 aromatic carbocycles. The number of nitrogens with one attached hydrogen (secondary N) is 1. The normalized spacial score (nSPS) is 15.1. The lowest BCUT2D eigenvalue weighted by molar-refractivity contribution is -0.120. The molecule has 1 aliphatic rings. The van der Waals surface area contributed by atoms with E-state index in [0.29, 0.717) is 23.8 Å². The number of aryl methyl sites for hydroxylation is 1. The fraction of sp³-hybridized carbons (Fsp3) is 0.533. The van der Waals surface area contributed by atoms with Crippen LogP contribution >= 0.6 is 0 Å². The van der Waals surface area contributed by atoms with E-state index in [1.54, 1.807) is 19.1 Å². The number of carbonyl (C=O) groups is 1. The van der Waals surface area contributed by atoms with Crippen molar-refractivity contribution in [2.24, 2.45) is 5.92 Å². The third kappa shape index (κ3) is 4.28. The first-order chi connectivity index (χ1) is 10.3. The van der Waals surface area contributed by atoms with Crippen LogP contribution in [-0.4, -0.2) is 45.9 Å². The minimum absolute atomic E-state index is 0.0137. The van der Waals surface area contributed by atoms with Crippen molar-refractivity contribution >= 4 is 21.6 Å². The zero-order valence-electron chi connectivity index (χ0n) is 13.1. The van der Waals surface area contributed by atoms with Crippen molar-refractivity contribution in [3.05, 3.63) is 23.8 Å². The van der Waals surface area contributed by atoms with Gasteiger partial charge in [-0.2, -0.15) is 0 Å². The van der Waals surface area contributed by atoms with Crippen LogP contribution in [0.3, 0.4) is 0 Å². The summed E-state index contributed by atoms with van der Waals surface area (Å²) in [6, 6.07) is 4.84. The molecular formula is C15H22N2O4S. The number of rotatable bonds is 7. The van der Waals surface area contributed by atoms with Gasteiger partial charge < -0.3 is 10.1 Å². The van der Waals surface area contributed by atoms with Crippen LogP contribution in [0, 0.1) is 12.8 Å². The van der Waals surface area contributed by atoms with E-state index in [1.165, 1.54) is 33.0 Å². The second-order valence-electron chi connectivity index (χ2n) is 5.77. The Labute approximate surface area is 131 Å². The summed E-state index contributed by atoms with van der Waals surface area (Å²) >= 11 is 0. The van der Waals surface area contributed by atoms with E-state index < -0.39 is 10.0 Å². The molecule has 0 aromatic heterocycles. The molecule has 1 N–H and O–H groups in total. The zero-order valence-corrected chi connectivity index (χ0v) is 13.9. The number of hydrogen-bond acceptors (Lipinski definition) is 4. The Morgan fingerprint density at radius 1 is 1.36 bits per heavy atom. The fourth-order valence-electron chi connectivity index (χ4n) is 1.95. The molecule has 22 heavy (non-hydrogen) atoms. The van der Waals surface area contributed by atoms with Gasteiger partial charge in [0.2, 0.25) is 15.9 Å². The van der Waals surface area contributed by atoms with Gasteiger partial charge in [-0.05, 0) is 43.4 Å². The first kappa shape index (κ1) is 16.9. The Kier molecular flexibility index (Phi) is 5.20. The summed E-state index contributed by atoms with van der Waals surface area (Å²) in [5, 5.41) is 2.67. The molecule has 1 aliphatic carbocycles. The molecule has 1 aromatic rings. The second-order valence-corrected chi connectivity index (χ2v) is 7.89. The molecule has 0 spiro atoms. The van der Waals surface area contributed by atoms with E-state index in [-0.39, 0.29) is 17.4 Å². The topological polar surface area (TPSA) is 75.7 Å². The van der Waals surface area contributed by atoms with Gasteiger partial charge in [-0.3, -0.25) is 4.79 Å². The number of hydrogen-bond donors (Lipinski definition) is 1. The molecule has 1 amide bonds. The van der Waals surface area contributed by atoms with Crippen molar-refractivity contribution in [2.45, 2.75) is 24.7 Å². The van der Waals surface area contributed by atoms with Gasteiger partial charge >= 0.3 is 0 Å². The number of benzene rings is 1. The van der Waals surface area contributed by atoms with Gasteiger partial charge in [0.25, 0.3) is 0 Å². The Balaban J connectivity index is 2.03. The summed E-state index contributed by atoms with van der Waals surface area (Å²) in [5.41, 5.74) is 1.09. The van der Waals surface area contributed by atoms with E-state index in [1.807, 2.05) is 0 Å². The van der Waals surface area contributed by atoms with Gasteiger partial charge in [-0.1, -0.05) is 6.07 Å². The molecule has 0 bridgehead atoms. The summed E-state index contributed by atoms with van der Waals surface area (Å²) in [5.74, 6) is 0.321. The SMILES string of the molecule is Cc1ccc(NC(=O)COCC2CC2)cc1S(=O)(=O)N(C)C. The molecule has 2 rings (SSSR count). The van der Waals surface area contributed by atoms with Crippen LogP contribution in [0.25, 0.3) is 0 Å². The van der Waals surface area contributed by atoms with Gasteiger partial charge in [0.05, 0.1) is 11.5 Å². The molecule has 6 nitrogen and oxygen atoms in total. The lowest BCUT2D eigenvalue weighted by Gasteiger charge is -2.15. The van der Waals surface area contributed by atoms with Crippen LogP contribution in [0.15, 0.2) is 23.1 Å². The van der Waals surface area contributed by atoms with Crippen LogP contribution in [0.1, 0.15) is 18.4 Å². The Morgan fingerprint density at radius 3 is 2.64 bits per heavy atom. The van der Waals surface area contributed by atoms with Gasteiger partial charge in [0.1, 0.15) is 6.61 Å². The average Bonchev–Trinajstić information content (AvgIpc) is 3.24. The highest BCUT2D eigenvalue weighted by Gasteiger charge is 2.22. The summed E-state index contributed by atoms with van der Waals surface area (Å²) in [7, 11) is -0.579. The lowest BCUT2D eigenvalue weighted by Crippen LogP contribution is -2.24. The van der Waals surface area contributed by atoms with E-state index in [2.05, 4.69) is 5.32 Å². The monoisotopic (exact) mass is 326 g/mol. The van der Waals surface area contributed by atoms with Gasteiger partial charge in [0, 0.05) is 19.8 Å². The van der Waals surface area contributed by atoms with Crippen molar-refractivity contribution in [2.75, 3.05) is 32.6 Å². The van der Waals surface area contributed by atoms with Gasteiger partial charge in [0.15, 0.2) is 0 Å². The number of sulfonamides is 1. The summed E-state index contributed by atoms with van der Waals surface area (Å²) in [6.45, 7) is 2.32. The minimum Gasteiger partial charge on any atom is -0.371 e. The maximum atomic E-state index is 12.2. The third-order valence-corrected chi connectivity index (χ3v) is 5.47. The minimum atomic E-state index is -3.53. The molecule has 122 valence electrons. The van der Waals surface area contributed by atoms with Crippen molar-refractivity contribution < 1.29 is 17.9 Å². The number of anilines is 1. The highest BCUT2D eigenvalue weighted by molar-refractivity contribution is 7.89. The molecule has 0 aliphatic heterocycles. The van der Waals surface area contributed by atoms with Gasteiger partial charge in [-0.15, -0.1) is 0 Å². The summed E-state index contributed by atoms with van der Waals surface area (Å²) in [4.78, 5) is 12.0. The van der Waals surface area contributed by atoms with E-state index >= 15 is 0 Å². The van der Waals surface area contributed by atoms with E-state index in [0.717, 1.165) is 4.31 Å². The standard InChI is InChI=1S/C15H22N2O4S/c1-11-4-7-13(8-14(11)22(19,20)17(2)3)16-15(18)10-21-9-12-5-6-12/h4,7-8,12H,5-6,9-10H2,1-3H3,(H,16,18). The lowest BCUT2D eigenvalue weighted by atomic mass is 10.2. The van der Waals surface area contributed by atoms with Crippen molar-refractivity contribution in [1.29, 1.82) is 0 Å². The zero-order chi connectivity index (χ0) is 16.3. The molecule has 0 unspecified atom stereocenters. The van der Waals surface area contributed by atoms with Crippen molar-refractivity contribution in [1.82, 2.24) is 4.31 Å². The van der Waals surface area contributed by atoms with Crippen LogP contribution in [-0.2, 0) is 19.6 Å². The summed E-state index contributed by atoms with van der Waals surface area (Å²) in [6.07, 6.45) is 2.34. The molecule has 0 saturated heterocycles. The number of ether oxygens (including phenoxy) is 1. The Hall–Kier alpha value is -1.44. The molecule has 1 fully saturated rings. The number of nitrogens with zero attached hydrogens (tertiary/aromatic N) is 1. The molecule has 0 heterocycles. The molecule has 1 saturated carbocycles. The second kappa shape index (κ2) is 6.76. The highest BCUT2D eigenvalue weighted by Crippen LogP contribution is 2.28. The van der Waals surface area contributed by atoms with Crippen molar-refractivity contribution in [3.8, 4) is 0 Å². The van der Waals surface area contributed by atoms with Gasteiger partial charge in [-0.25, -0.2) is 12.7 Å². The summed E-state index contributed by atoms with van der Waals surface area (Å²) < 4.78 is 30.9. The molecule has 0 atom stereocenters. The number of carbonyl (C=O) groups excluding carboxylic acids is 1. The van der Waals surface area contributed by atoms with Crippen LogP contribution in [0.2, 0.25) is 0 Å². The van der Waals surface area contributed by atoms with Crippen molar-refractivity contribution in [3.63, 3.8) is 0 Å². The Bertz CT molecular complexity index is 652. The quantitative estimate of drug-likeness (QED) is 0.826. The Morgan fingerprint density at radius 2 is 2.05 bits per heavy atom. The smallest absolute Gasteiger partial charge is 0.250 e. The highest BCUT2D eigenvalue weighted by atomic mass is 32.2. The van der Waals surface area contributed by atoms with E-state index in [9.17, 15) is 13.2 Å². The maximum Gasteiger partial charge on any atom is 0.250 e. The third-order valence-electron chi connectivity index (χ3n) is 3.51. The maximum absolute atomic E-state index is 12.2. The van der Waals surface area contributed by atoms with E-state index in [4.69, 9.17) is 4.74 Å². The molecule has 7 heteroatoms. The average molecular weight is 326 g/mol. The fourth-order valence-corrected chi connectivity index (χ4v) is 3.10. The molecule has 0 radical (unpaired) electrons. The first-order valence-electron chi connectivity index (χ1n) is 7.21. The largest absolute Gasteiger partial charge is 0.371 e. The predicted octanol–water partition coefficient (Wildman–Crippen LogP) is 1.61. The van der Waals surface area contributed by atoms with Crippen LogP contribution in [0.4, 0.5) is 5.69 Å². The predicted molar refractivity (Wildman–Crippen MR) is 84.2 cm³/mol.